The van der Waals surface area contributed by atoms with Crippen molar-refractivity contribution in [2.24, 2.45) is 0 Å². The number of imidazole rings is 1. The van der Waals surface area contributed by atoms with Gasteiger partial charge in [-0.25, -0.2) is 4.98 Å². The van der Waals surface area contributed by atoms with Gasteiger partial charge in [0.25, 0.3) is 0 Å². The first kappa shape index (κ1) is 15.9. The number of carbonyl (C=O) groups is 1. The second kappa shape index (κ2) is 6.62. The molecule has 0 atom stereocenters. The van der Waals surface area contributed by atoms with Crippen molar-refractivity contribution in [2.45, 2.75) is 27.2 Å². The summed E-state index contributed by atoms with van der Waals surface area (Å²) in [5.74, 6) is -0.115. The lowest BCUT2D eigenvalue weighted by Crippen LogP contribution is -2.15. The first-order valence-corrected chi connectivity index (χ1v) is 7.71. The zero-order valence-corrected chi connectivity index (χ0v) is 13.9. The summed E-state index contributed by atoms with van der Waals surface area (Å²) in [6.45, 7) is 5.87. The summed E-state index contributed by atoms with van der Waals surface area (Å²) in [6.07, 6.45) is 5.29. The maximum atomic E-state index is 12.1. The Morgan fingerprint density at radius 3 is 2.38 bits per heavy atom. The van der Waals surface area contributed by atoms with Gasteiger partial charge in [0.15, 0.2) is 0 Å². The van der Waals surface area contributed by atoms with Crippen molar-refractivity contribution in [1.82, 2.24) is 19.5 Å². The summed E-state index contributed by atoms with van der Waals surface area (Å²) < 4.78 is 2.02. The molecule has 122 valence electrons. The number of rotatable bonds is 4. The zero-order valence-electron chi connectivity index (χ0n) is 13.9. The van der Waals surface area contributed by atoms with Crippen molar-refractivity contribution in [3.05, 3.63) is 65.8 Å². The van der Waals surface area contributed by atoms with Crippen LogP contribution in [0.3, 0.4) is 0 Å². The second-order valence-electron chi connectivity index (χ2n) is 5.71. The van der Waals surface area contributed by atoms with Crippen LogP contribution in [0.15, 0.2) is 43.0 Å². The van der Waals surface area contributed by atoms with E-state index in [2.05, 4.69) is 20.3 Å². The van der Waals surface area contributed by atoms with Gasteiger partial charge in [-0.05, 0) is 45.0 Å². The fourth-order valence-corrected chi connectivity index (χ4v) is 2.34. The van der Waals surface area contributed by atoms with Crippen molar-refractivity contribution in [2.75, 3.05) is 5.32 Å². The van der Waals surface area contributed by atoms with Gasteiger partial charge in [0, 0.05) is 29.5 Å². The van der Waals surface area contributed by atoms with Crippen LogP contribution < -0.4 is 5.32 Å². The molecule has 24 heavy (non-hydrogen) atoms. The van der Waals surface area contributed by atoms with E-state index in [1.807, 2.05) is 49.6 Å². The van der Waals surface area contributed by atoms with Crippen molar-refractivity contribution in [3.8, 4) is 5.69 Å². The third kappa shape index (κ3) is 3.48. The molecular formula is C18H19N5O. The number of hydrogen-bond donors (Lipinski definition) is 1. The van der Waals surface area contributed by atoms with E-state index in [4.69, 9.17) is 0 Å². The quantitative estimate of drug-likeness (QED) is 0.802. The average Bonchev–Trinajstić information content (AvgIpc) is 2.90. The summed E-state index contributed by atoms with van der Waals surface area (Å²) in [4.78, 5) is 24.7. The lowest BCUT2D eigenvalue weighted by molar-refractivity contribution is -0.115. The number of carbonyl (C=O) groups excluding carboxylic acids is 1. The standard InChI is InChI=1S/C18H19N5O/c1-12-9-20-16(10-19-12)8-18(24)22-15-4-6-17(7-5-15)23-11-21-13(2)14(23)3/h4-7,9-11H,8H2,1-3H3,(H,22,24). The number of benzene rings is 1. The molecule has 3 rings (SSSR count). The Kier molecular flexibility index (Phi) is 4.37. The molecule has 6 heteroatoms. The van der Waals surface area contributed by atoms with Gasteiger partial charge in [-0.2, -0.15) is 0 Å². The minimum atomic E-state index is -0.115. The number of nitrogens with one attached hydrogen (secondary N) is 1. The van der Waals surface area contributed by atoms with E-state index in [0.29, 0.717) is 5.69 Å². The largest absolute Gasteiger partial charge is 0.326 e. The molecular weight excluding hydrogens is 302 g/mol. The van der Waals surface area contributed by atoms with Gasteiger partial charge in [-0.1, -0.05) is 0 Å². The van der Waals surface area contributed by atoms with Gasteiger partial charge in [-0.3, -0.25) is 14.8 Å². The number of anilines is 1. The minimum absolute atomic E-state index is 0.115. The van der Waals surface area contributed by atoms with E-state index in [0.717, 1.165) is 28.5 Å². The molecule has 2 heterocycles. The van der Waals surface area contributed by atoms with Gasteiger partial charge in [0.1, 0.15) is 0 Å². The van der Waals surface area contributed by atoms with Crippen LogP contribution in [0.4, 0.5) is 5.69 Å². The van der Waals surface area contributed by atoms with Gasteiger partial charge < -0.3 is 9.88 Å². The van der Waals surface area contributed by atoms with Crippen LogP contribution in [0.25, 0.3) is 5.69 Å². The third-order valence-corrected chi connectivity index (χ3v) is 3.86. The Labute approximate surface area is 140 Å². The SMILES string of the molecule is Cc1cnc(CC(=O)Nc2ccc(-n3cnc(C)c3C)cc2)cn1. The Hall–Kier alpha value is -3.02. The topological polar surface area (TPSA) is 72.7 Å². The molecule has 0 aliphatic carbocycles. The highest BCUT2D eigenvalue weighted by atomic mass is 16.1. The molecule has 0 spiro atoms. The molecule has 1 amide bonds. The fourth-order valence-electron chi connectivity index (χ4n) is 2.34. The van der Waals surface area contributed by atoms with Crippen LogP contribution in [-0.4, -0.2) is 25.4 Å². The minimum Gasteiger partial charge on any atom is -0.326 e. The maximum absolute atomic E-state index is 12.1. The van der Waals surface area contributed by atoms with Crippen molar-refractivity contribution >= 4 is 11.6 Å². The van der Waals surface area contributed by atoms with Crippen LogP contribution >= 0.6 is 0 Å². The van der Waals surface area contributed by atoms with E-state index < -0.39 is 0 Å². The molecule has 0 fully saturated rings. The molecule has 6 nitrogen and oxygen atoms in total. The summed E-state index contributed by atoms with van der Waals surface area (Å²) in [6, 6.07) is 7.66. The Balaban J connectivity index is 1.66. The van der Waals surface area contributed by atoms with E-state index in [-0.39, 0.29) is 12.3 Å². The molecule has 0 bridgehead atoms. The number of nitrogens with zero attached hydrogens (tertiary/aromatic N) is 4. The zero-order chi connectivity index (χ0) is 17.1. The van der Waals surface area contributed by atoms with Gasteiger partial charge in [0.2, 0.25) is 5.91 Å². The molecule has 0 aliphatic rings. The predicted molar refractivity (Wildman–Crippen MR) is 92.1 cm³/mol. The molecule has 3 aromatic rings. The molecule has 0 saturated heterocycles. The Morgan fingerprint density at radius 2 is 1.79 bits per heavy atom. The van der Waals surface area contributed by atoms with Crippen LogP contribution in [0.5, 0.6) is 0 Å². The maximum Gasteiger partial charge on any atom is 0.230 e. The van der Waals surface area contributed by atoms with E-state index in [9.17, 15) is 4.79 Å². The van der Waals surface area contributed by atoms with Crippen LogP contribution in [0.2, 0.25) is 0 Å². The molecule has 0 unspecified atom stereocenters. The summed E-state index contributed by atoms with van der Waals surface area (Å²) in [5, 5.41) is 2.87. The first-order valence-electron chi connectivity index (χ1n) is 7.71. The van der Waals surface area contributed by atoms with Crippen molar-refractivity contribution in [1.29, 1.82) is 0 Å². The molecule has 0 aliphatic heterocycles. The van der Waals surface area contributed by atoms with Gasteiger partial charge in [-0.15, -0.1) is 0 Å². The summed E-state index contributed by atoms with van der Waals surface area (Å²) >= 11 is 0. The van der Waals surface area contributed by atoms with Crippen molar-refractivity contribution < 1.29 is 4.79 Å². The lowest BCUT2D eigenvalue weighted by Gasteiger charge is -2.08. The van der Waals surface area contributed by atoms with E-state index >= 15 is 0 Å². The van der Waals surface area contributed by atoms with Crippen LogP contribution in [0, 0.1) is 20.8 Å². The Morgan fingerprint density at radius 1 is 1.04 bits per heavy atom. The van der Waals surface area contributed by atoms with Crippen LogP contribution in [0.1, 0.15) is 22.8 Å². The van der Waals surface area contributed by atoms with E-state index in [1.54, 1.807) is 18.7 Å². The fraction of sp³-hybridized carbons (Fsp3) is 0.222. The van der Waals surface area contributed by atoms with Crippen LogP contribution in [-0.2, 0) is 11.2 Å². The first-order chi connectivity index (χ1) is 11.5. The Bertz CT molecular complexity index is 850. The summed E-state index contributed by atoms with van der Waals surface area (Å²) in [5.41, 5.74) is 5.35. The lowest BCUT2D eigenvalue weighted by atomic mass is 10.2. The average molecular weight is 321 g/mol. The highest BCUT2D eigenvalue weighted by Gasteiger charge is 2.07. The van der Waals surface area contributed by atoms with Gasteiger partial charge >= 0.3 is 0 Å². The van der Waals surface area contributed by atoms with Crippen molar-refractivity contribution in [3.63, 3.8) is 0 Å². The molecule has 0 saturated carbocycles. The smallest absolute Gasteiger partial charge is 0.230 e. The molecule has 1 aromatic carbocycles. The number of aromatic nitrogens is 4. The van der Waals surface area contributed by atoms with Gasteiger partial charge in [0.05, 0.1) is 29.8 Å². The number of amides is 1. The summed E-state index contributed by atoms with van der Waals surface area (Å²) in [7, 11) is 0. The van der Waals surface area contributed by atoms with E-state index in [1.165, 1.54) is 0 Å². The highest BCUT2D eigenvalue weighted by Crippen LogP contribution is 2.16. The monoisotopic (exact) mass is 321 g/mol. The number of aryl methyl sites for hydroxylation is 2. The number of hydrogen-bond acceptors (Lipinski definition) is 4. The molecule has 1 N–H and O–H groups in total. The molecule has 2 aromatic heterocycles. The second-order valence-corrected chi connectivity index (χ2v) is 5.71. The predicted octanol–water partition coefficient (Wildman–Crippen LogP) is 2.77. The highest BCUT2D eigenvalue weighted by molar-refractivity contribution is 5.92. The third-order valence-electron chi connectivity index (χ3n) is 3.86. The normalized spacial score (nSPS) is 10.6. The molecule has 0 radical (unpaired) electrons.